The third-order valence-electron chi connectivity index (χ3n) is 2.61. The fraction of sp³-hybridized carbons (Fsp3) is 0.333. The Bertz CT molecular complexity index is 478. The first kappa shape index (κ1) is 11.7. The van der Waals surface area contributed by atoms with E-state index >= 15 is 0 Å². The van der Waals surface area contributed by atoms with Crippen molar-refractivity contribution in [3.8, 4) is 0 Å². The second-order valence-electron chi connectivity index (χ2n) is 4.04. The molecule has 0 unspecified atom stereocenters. The molecule has 0 radical (unpaired) electrons. The van der Waals surface area contributed by atoms with Gasteiger partial charge in [-0.15, -0.1) is 5.10 Å². The molecular weight excluding hydrogens is 219 g/mol. The van der Waals surface area contributed by atoms with Crippen LogP contribution in [0, 0.1) is 5.82 Å². The zero-order valence-corrected chi connectivity index (χ0v) is 9.89. The number of aromatic nitrogens is 3. The minimum Gasteiger partial charge on any atom is -0.304 e. The van der Waals surface area contributed by atoms with Crippen LogP contribution in [0.5, 0.6) is 0 Å². The van der Waals surface area contributed by atoms with Gasteiger partial charge in [-0.1, -0.05) is 17.3 Å². The molecule has 4 nitrogen and oxygen atoms in total. The number of halogens is 1. The van der Waals surface area contributed by atoms with E-state index in [4.69, 9.17) is 0 Å². The molecule has 2 aromatic rings. The van der Waals surface area contributed by atoms with E-state index in [-0.39, 0.29) is 11.9 Å². The van der Waals surface area contributed by atoms with Crippen molar-refractivity contribution in [1.82, 2.24) is 20.3 Å². The van der Waals surface area contributed by atoms with Crippen molar-refractivity contribution in [3.05, 3.63) is 47.5 Å². The summed E-state index contributed by atoms with van der Waals surface area (Å²) in [5.74, 6) is -0.213. The summed E-state index contributed by atoms with van der Waals surface area (Å²) in [4.78, 5) is 0. The molecule has 1 aromatic heterocycles. The average Bonchev–Trinajstić information content (AvgIpc) is 2.73. The molecule has 1 aromatic carbocycles. The largest absolute Gasteiger partial charge is 0.304 e. The van der Waals surface area contributed by atoms with Crippen molar-refractivity contribution in [2.75, 3.05) is 0 Å². The second-order valence-corrected chi connectivity index (χ2v) is 4.04. The molecule has 5 heteroatoms. The van der Waals surface area contributed by atoms with Crippen LogP contribution in [-0.2, 0) is 13.6 Å². The Morgan fingerprint density at radius 1 is 1.35 bits per heavy atom. The topological polar surface area (TPSA) is 42.7 Å². The van der Waals surface area contributed by atoms with Gasteiger partial charge in [0.05, 0.1) is 5.69 Å². The van der Waals surface area contributed by atoms with Crippen molar-refractivity contribution in [2.45, 2.75) is 19.5 Å². The van der Waals surface area contributed by atoms with E-state index < -0.39 is 0 Å². The fourth-order valence-electron chi connectivity index (χ4n) is 1.60. The van der Waals surface area contributed by atoms with Gasteiger partial charge in [-0.2, -0.15) is 0 Å². The van der Waals surface area contributed by atoms with Crippen molar-refractivity contribution < 1.29 is 4.39 Å². The van der Waals surface area contributed by atoms with Crippen LogP contribution < -0.4 is 5.32 Å². The third-order valence-corrected chi connectivity index (χ3v) is 2.61. The summed E-state index contributed by atoms with van der Waals surface area (Å²) in [5.41, 5.74) is 1.94. The number of hydrogen-bond donors (Lipinski definition) is 1. The van der Waals surface area contributed by atoms with Gasteiger partial charge < -0.3 is 5.32 Å². The van der Waals surface area contributed by atoms with Gasteiger partial charge in [-0.3, -0.25) is 4.68 Å². The van der Waals surface area contributed by atoms with Crippen molar-refractivity contribution in [2.24, 2.45) is 7.05 Å². The highest BCUT2D eigenvalue weighted by molar-refractivity contribution is 5.19. The van der Waals surface area contributed by atoms with Crippen LogP contribution >= 0.6 is 0 Å². The molecule has 0 aliphatic rings. The van der Waals surface area contributed by atoms with Gasteiger partial charge in [-0.05, 0) is 24.6 Å². The molecule has 1 heterocycles. The number of rotatable bonds is 4. The highest BCUT2D eigenvalue weighted by Crippen LogP contribution is 2.13. The molecule has 0 amide bonds. The fourth-order valence-corrected chi connectivity index (χ4v) is 1.60. The highest BCUT2D eigenvalue weighted by atomic mass is 19.1. The molecule has 90 valence electrons. The van der Waals surface area contributed by atoms with Crippen LogP contribution in [0.15, 0.2) is 30.5 Å². The van der Waals surface area contributed by atoms with E-state index in [9.17, 15) is 4.39 Å². The molecule has 2 rings (SSSR count). The lowest BCUT2D eigenvalue weighted by atomic mass is 10.1. The van der Waals surface area contributed by atoms with E-state index in [1.165, 1.54) is 12.1 Å². The minimum atomic E-state index is -0.213. The minimum absolute atomic E-state index is 0.151. The van der Waals surface area contributed by atoms with Gasteiger partial charge in [0.2, 0.25) is 0 Å². The lowest BCUT2D eigenvalue weighted by molar-refractivity contribution is 0.564. The molecule has 1 atom stereocenters. The van der Waals surface area contributed by atoms with Crippen LogP contribution in [0.2, 0.25) is 0 Å². The van der Waals surface area contributed by atoms with Gasteiger partial charge in [0, 0.05) is 25.8 Å². The van der Waals surface area contributed by atoms with Crippen molar-refractivity contribution in [1.29, 1.82) is 0 Å². The van der Waals surface area contributed by atoms with Gasteiger partial charge in [0.1, 0.15) is 5.82 Å². The summed E-state index contributed by atoms with van der Waals surface area (Å²) in [5, 5.41) is 11.2. The molecule has 0 spiro atoms. The summed E-state index contributed by atoms with van der Waals surface area (Å²) in [6.45, 7) is 2.68. The van der Waals surface area contributed by atoms with Crippen LogP contribution in [0.25, 0.3) is 0 Å². The predicted molar refractivity (Wildman–Crippen MR) is 62.7 cm³/mol. The number of aryl methyl sites for hydroxylation is 1. The van der Waals surface area contributed by atoms with E-state index in [1.807, 2.05) is 20.2 Å². The molecule has 0 bridgehead atoms. The Morgan fingerprint density at radius 3 is 2.65 bits per heavy atom. The lowest BCUT2D eigenvalue weighted by Gasteiger charge is -2.12. The first-order valence-corrected chi connectivity index (χ1v) is 5.49. The summed E-state index contributed by atoms with van der Waals surface area (Å²) in [6.07, 6.45) is 1.87. The second kappa shape index (κ2) is 5.05. The summed E-state index contributed by atoms with van der Waals surface area (Å²) >= 11 is 0. The smallest absolute Gasteiger partial charge is 0.123 e. The van der Waals surface area contributed by atoms with Crippen molar-refractivity contribution >= 4 is 0 Å². The number of benzene rings is 1. The maximum atomic E-state index is 12.8. The predicted octanol–water partition coefficient (Wildman–Crippen LogP) is 1.80. The first-order valence-electron chi connectivity index (χ1n) is 5.49. The van der Waals surface area contributed by atoms with E-state index in [0.29, 0.717) is 6.54 Å². The maximum absolute atomic E-state index is 12.8. The normalized spacial score (nSPS) is 12.6. The third kappa shape index (κ3) is 3.10. The summed E-state index contributed by atoms with van der Waals surface area (Å²) in [7, 11) is 1.83. The SMILES string of the molecule is C[C@H](NCc1cn(C)nn1)c1ccc(F)cc1. The Balaban J connectivity index is 1.93. The van der Waals surface area contributed by atoms with E-state index in [2.05, 4.69) is 15.6 Å². The van der Waals surface area contributed by atoms with Gasteiger partial charge in [-0.25, -0.2) is 4.39 Å². The number of nitrogens with zero attached hydrogens (tertiary/aromatic N) is 3. The maximum Gasteiger partial charge on any atom is 0.123 e. The van der Waals surface area contributed by atoms with Gasteiger partial charge in [0.25, 0.3) is 0 Å². The molecular formula is C12H15FN4. The Hall–Kier alpha value is -1.75. The zero-order chi connectivity index (χ0) is 12.3. The zero-order valence-electron chi connectivity index (χ0n) is 9.89. The molecule has 0 aliphatic carbocycles. The van der Waals surface area contributed by atoms with Gasteiger partial charge >= 0.3 is 0 Å². The molecule has 1 N–H and O–H groups in total. The van der Waals surface area contributed by atoms with Gasteiger partial charge in [0.15, 0.2) is 0 Å². The number of nitrogens with one attached hydrogen (secondary N) is 1. The van der Waals surface area contributed by atoms with Crippen LogP contribution in [0.1, 0.15) is 24.2 Å². The molecule has 17 heavy (non-hydrogen) atoms. The molecule has 0 aliphatic heterocycles. The Labute approximate surface area is 99.5 Å². The molecule has 0 saturated heterocycles. The van der Waals surface area contributed by atoms with Crippen LogP contribution in [-0.4, -0.2) is 15.0 Å². The van der Waals surface area contributed by atoms with Crippen LogP contribution in [0.4, 0.5) is 4.39 Å². The quantitative estimate of drug-likeness (QED) is 0.877. The number of hydrogen-bond acceptors (Lipinski definition) is 3. The average molecular weight is 234 g/mol. The van der Waals surface area contributed by atoms with E-state index in [1.54, 1.807) is 16.8 Å². The molecule has 0 saturated carbocycles. The van der Waals surface area contributed by atoms with Crippen molar-refractivity contribution in [3.63, 3.8) is 0 Å². The summed E-state index contributed by atoms with van der Waals surface area (Å²) < 4.78 is 14.4. The Kier molecular flexibility index (Phi) is 3.49. The Morgan fingerprint density at radius 2 is 2.06 bits per heavy atom. The first-order chi connectivity index (χ1) is 8.15. The van der Waals surface area contributed by atoms with Crippen LogP contribution in [0.3, 0.4) is 0 Å². The summed E-state index contributed by atoms with van der Waals surface area (Å²) in [6, 6.07) is 6.65. The highest BCUT2D eigenvalue weighted by Gasteiger charge is 2.06. The monoisotopic (exact) mass is 234 g/mol. The van der Waals surface area contributed by atoms with E-state index in [0.717, 1.165) is 11.3 Å². The standard InChI is InChI=1S/C12H15FN4/c1-9(10-3-5-11(13)6-4-10)14-7-12-8-17(2)16-15-12/h3-6,8-9,14H,7H2,1-2H3/t9-/m0/s1. The molecule has 0 fully saturated rings. The lowest BCUT2D eigenvalue weighted by Crippen LogP contribution is -2.18.